The van der Waals surface area contributed by atoms with Crippen LogP contribution in [0.3, 0.4) is 0 Å². The van der Waals surface area contributed by atoms with Crippen molar-refractivity contribution in [2.24, 2.45) is 0 Å². The van der Waals surface area contributed by atoms with Crippen molar-refractivity contribution in [1.82, 2.24) is 14.5 Å². The first-order chi connectivity index (χ1) is 14.0. The van der Waals surface area contributed by atoms with Crippen LogP contribution in [0.2, 0.25) is 5.02 Å². The molecule has 1 saturated heterocycles. The van der Waals surface area contributed by atoms with Crippen molar-refractivity contribution in [2.45, 2.75) is 37.1 Å². The molecule has 3 N–H and O–H groups in total. The molecule has 8 nitrogen and oxygen atoms in total. The van der Waals surface area contributed by atoms with E-state index in [1.54, 1.807) is 42.1 Å². The first-order valence-electron chi connectivity index (χ1n) is 9.25. The van der Waals surface area contributed by atoms with Gasteiger partial charge in [-0.05, 0) is 23.8 Å². The van der Waals surface area contributed by atoms with Crippen LogP contribution in [0.15, 0.2) is 42.9 Å². The first kappa shape index (κ1) is 20.2. The topological polar surface area (TPSA) is 110 Å². The Morgan fingerprint density at radius 1 is 1.17 bits per heavy atom. The summed E-state index contributed by atoms with van der Waals surface area (Å²) in [7, 11) is 1.62. The summed E-state index contributed by atoms with van der Waals surface area (Å²) >= 11 is 5.89. The minimum atomic E-state index is -1.28. The average molecular weight is 420 g/mol. The zero-order chi connectivity index (χ0) is 20.5. The van der Waals surface area contributed by atoms with E-state index in [0.29, 0.717) is 29.3 Å². The highest BCUT2D eigenvalue weighted by atomic mass is 35.5. The Balaban J connectivity index is 1.62. The summed E-state index contributed by atoms with van der Waals surface area (Å²) in [6.45, 7) is 0.522. The fourth-order valence-corrected chi connectivity index (χ4v) is 3.78. The normalized spacial score (nSPS) is 25.6. The van der Waals surface area contributed by atoms with Gasteiger partial charge in [0.05, 0.1) is 12.3 Å². The lowest BCUT2D eigenvalue weighted by molar-refractivity contribution is -0.0848. The lowest BCUT2D eigenvalue weighted by Crippen LogP contribution is -2.34. The number of rotatable bonds is 6. The van der Waals surface area contributed by atoms with Crippen LogP contribution in [0.1, 0.15) is 23.6 Å². The Kier molecular flexibility index (Phi) is 5.82. The van der Waals surface area contributed by atoms with Crippen LogP contribution >= 0.6 is 11.6 Å². The molecule has 0 saturated carbocycles. The maximum atomic E-state index is 10.7. The largest absolute Gasteiger partial charge is 0.387 e. The number of methoxy groups -OCH3 is 1. The van der Waals surface area contributed by atoms with E-state index in [1.165, 1.54) is 6.33 Å². The fraction of sp³-hybridized carbons (Fsp3) is 0.400. The quantitative estimate of drug-likeness (QED) is 0.557. The van der Waals surface area contributed by atoms with Gasteiger partial charge in [0.1, 0.15) is 36.4 Å². The molecule has 0 radical (unpaired) electrons. The zero-order valence-electron chi connectivity index (χ0n) is 15.7. The number of halogens is 1. The van der Waals surface area contributed by atoms with E-state index in [0.717, 1.165) is 11.1 Å². The fourth-order valence-electron chi connectivity index (χ4n) is 3.65. The van der Waals surface area contributed by atoms with Gasteiger partial charge in [-0.3, -0.25) is 0 Å². The lowest BCUT2D eigenvalue weighted by Gasteiger charge is -2.21. The second-order valence-corrected chi connectivity index (χ2v) is 7.43. The van der Waals surface area contributed by atoms with E-state index >= 15 is 0 Å². The van der Waals surface area contributed by atoms with E-state index in [2.05, 4.69) is 9.97 Å². The molecule has 3 heterocycles. The van der Waals surface area contributed by atoms with Crippen LogP contribution in [0, 0.1) is 0 Å². The molecule has 3 aromatic rings. The molecular weight excluding hydrogens is 398 g/mol. The van der Waals surface area contributed by atoms with Crippen LogP contribution in [-0.2, 0) is 15.9 Å². The van der Waals surface area contributed by atoms with Gasteiger partial charge in [-0.2, -0.15) is 0 Å². The number of aliphatic hydroxyl groups excluding tert-OH is 3. The van der Waals surface area contributed by atoms with Gasteiger partial charge in [-0.25, -0.2) is 9.97 Å². The van der Waals surface area contributed by atoms with Crippen molar-refractivity contribution < 1.29 is 24.8 Å². The van der Waals surface area contributed by atoms with Crippen LogP contribution in [0.25, 0.3) is 11.0 Å². The number of hydrogen-bond donors (Lipinski definition) is 3. The molecular formula is C20H22ClN3O5. The van der Waals surface area contributed by atoms with E-state index in [4.69, 9.17) is 21.1 Å². The maximum Gasteiger partial charge on any atom is 0.164 e. The number of aliphatic hydroxyl groups is 3. The Morgan fingerprint density at radius 2 is 1.93 bits per heavy atom. The molecule has 1 aliphatic heterocycles. The summed E-state index contributed by atoms with van der Waals surface area (Å²) < 4.78 is 12.7. The predicted octanol–water partition coefficient (Wildman–Crippen LogP) is 1.63. The summed E-state index contributed by atoms with van der Waals surface area (Å²) in [5, 5.41) is 33.2. The summed E-state index contributed by atoms with van der Waals surface area (Å²) in [5.74, 6) is 0. The van der Waals surface area contributed by atoms with E-state index in [9.17, 15) is 15.3 Å². The zero-order valence-corrected chi connectivity index (χ0v) is 16.5. The minimum Gasteiger partial charge on any atom is -0.387 e. The highest BCUT2D eigenvalue weighted by Crippen LogP contribution is 2.37. The minimum absolute atomic E-state index is 0.522. The van der Waals surface area contributed by atoms with Gasteiger partial charge in [0.15, 0.2) is 6.23 Å². The van der Waals surface area contributed by atoms with Gasteiger partial charge in [0.25, 0.3) is 0 Å². The molecule has 0 bridgehead atoms. The highest BCUT2D eigenvalue weighted by Gasteiger charge is 2.47. The number of nitrogens with zero attached hydrogens (tertiary/aromatic N) is 3. The second kappa shape index (κ2) is 8.35. The number of hydrogen-bond acceptors (Lipinski definition) is 7. The molecule has 5 atom stereocenters. The third kappa shape index (κ3) is 3.75. The summed E-state index contributed by atoms with van der Waals surface area (Å²) in [5.41, 5.74) is 1.93. The van der Waals surface area contributed by atoms with Crippen molar-refractivity contribution in [3.8, 4) is 0 Å². The lowest BCUT2D eigenvalue weighted by atomic mass is 9.99. The Labute approximate surface area is 172 Å². The number of benzene rings is 1. The summed E-state index contributed by atoms with van der Waals surface area (Å²) in [6, 6.07) is 8.44. The van der Waals surface area contributed by atoms with E-state index < -0.39 is 30.6 Å². The molecule has 9 heteroatoms. The van der Waals surface area contributed by atoms with Gasteiger partial charge < -0.3 is 29.4 Å². The molecule has 1 fully saturated rings. The molecule has 0 amide bonds. The van der Waals surface area contributed by atoms with Crippen LogP contribution in [0.5, 0.6) is 0 Å². The molecule has 29 heavy (non-hydrogen) atoms. The predicted molar refractivity (Wildman–Crippen MR) is 105 cm³/mol. The molecule has 1 aliphatic rings. The van der Waals surface area contributed by atoms with Gasteiger partial charge in [0.2, 0.25) is 0 Å². The third-order valence-electron chi connectivity index (χ3n) is 5.21. The molecule has 2 aromatic heterocycles. The van der Waals surface area contributed by atoms with Crippen molar-refractivity contribution >= 4 is 22.6 Å². The van der Waals surface area contributed by atoms with E-state index in [1.807, 2.05) is 6.07 Å². The number of aromatic nitrogens is 3. The standard InChI is InChI=1S/C20H22ClN3O5/c1-28-9-7-14-13-6-8-24(19(13)23-10-22-14)20-17(27)16(26)18(29-20)15(25)11-2-4-12(21)5-3-11/h2-6,8,10,15-18,20,25-27H,7,9H2,1H3/t15-,16+,17-,18-,20-/m1/s1. The van der Waals surface area contributed by atoms with Crippen molar-refractivity contribution in [1.29, 1.82) is 0 Å². The van der Waals surface area contributed by atoms with Crippen LogP contribution < -0.4 is 0 Å². The number of fused-ring (bicyclic) bond motifs is 1. The smallest absolute Gasteiger partial charge is 0.164 e. The van der Waals surface area contributed by atoms with Crippen LogP contribution in [0.4, 0.5) is 0 Å². The summed E-state index contributed by atoms with van der Waals surface area (Å²) in [4.78, 5) is 8.61. The molecule has 1 aromatic carbocycles. The van der Waals surface area contributed by atoms with Crippen molar-refractivity contribution in [2.75, 3.05) is 13.7 Å². The molecule has 154 valence electrons. The molecule has 4 rings (SSSR count). The third-order valence-corrected chi connectivity index (χ3v) is 5.46. The van der Waals surface area contributed by atoms with Crippen molar-refractivity contribution in [3.63, 3.8) is 0 Å². The Hall–Kier alpha value is -2.07. The van der Waals surface area contributed by atoms with Crippen LogP contribution in [-0.4, -0.2) is 61.9 Å². The first-order valence-corrected chi connectivity index (χ1v) is 9.63. The molecule has 0 aliphatic carbocycles. The van der Waals surface area contributed by atoms with Crippen molar-refractivity contribution in [3.05, 3.63) is 59.1 Å². The SMILES string of the molecule is COCCc1ncnc2c1ccn2[C@@H]1O[C@H]([C@H](O)c2ccc(Cl)cc2)[C@@H](O)[C@H]1O. The van der Waals surface area contributed by atoms with Gasteiger partial charge in [-0.1, -0.05) is 23.7 Å². The van der Waals surface area contributed by atoms with Gasteiger partial charge >= 0.3 is 0 Å². The highest BCUT2D eigenvalue weighted by molar-refractivity contribution is 6.30. The average Bonchev–Trinajstić information content (AvgIpc) is 3.28. The number of ether oxygens (including phenoxy) is 2. The monoisotopic (exact) mass is 419 g/mol. The van der Waals surface area contributed by atoms with Gasteiger partial charge in [0, 0.05) is 30.1 Å². The molecule has 0 spiro atoms. The second-order valence-electron chi connectivity index (χ2n) is 6.99. The molecule has 0 unspecified atom stereocenters. The Morgan fingerprint density at radius 3 is 2.66 bits per heavy atom. The summed E-state index contributed by atoms with van der Waals surface area (Å²) in [6.07, 6.45) is -1.77. The van der Waals surface area contributed by atoms with Gasteiger partial charge in [-0.15, -0.1) is 0 Å². The van der Waals surface area contributed by atoms with E-state index in [-0.39, 0.29) is 0 Å². The Bertz CT molecular complexity index is 980. The maximum absolute atomic E-state index is 10.7.